The van der Waals surface area contributed by atoms with E-state index in [0.29, 0.717) is 6.42 Å². The quantitative estimate of drug-likeness (QED) is 0.853. The van der Waals surface area contributed by atoms with Gasteiger partial charge in [0.1, 0.15) is 0 Å². The number of hydrogen-bond donors (Lipinski definition) is 0. The lowest BCUT2D eigenvalue weighted by Crippen LogP contribution is -2.45. The standard InChI is InChI=1S/C14H11BrN4/c15-12-9-19(13-1-4-18-8-11(12)13)14(2-3-16)5-10(6-14)7-17/h1,4,8-10H,2,5-6H2/t10-,14+. The molecule has 1 saturated carbocycles. The summed E-state index contributed by atoms with van der Waals surface area (Å²) in [6.07, 6.45) is 7.51. The molecule has 0 radical (unpaired) electrons. The van der Waals surface area contributed by atoms with Gasteiger partial charge in [0.05, 0.1) is 35.5 Å². The van der Waals surface area contributed by atoms with E-state index in [9.17, 15) is 0 Å². The smallest absolute Gasteiger partial charge is 0.0657 e. The van der Waals surface area contributed by atoms with Crippen molar-refractivity contribution < 1.29 is 0 Å². The van der Waals surface area contributed by atoms with Crippen molar-refractivity contribution in [3.63, 3.8) is 0 Å². The molecule has 0 aliphatic heterocycles. The van der Waals surface area contributed by atoms with Gasteiger partial charge in [-0.1, -0.05) is 0 Å². The molecule has 2 heterocycles. The number of nitrogens with zero attached hydrogens (tertiary/aromatic N) is 4. The Morgan fingerprint density at radius 1 is 1.47 bits per heavy atom. The summed E-state index contributed by atoms with van der Waals surface area (Å²) in [5.41, 5.74) is 0.828. The lowest BCUT2D eigenvalue weighted by atomic mass is 9.67. The van der Waals surface area contributed by atoms with Crippen LogP contribution in [0.1, 0.15) is 19.3 Å². The van der Waals surface area contributed by atoms with Crippen LogP contribution in [0, 0.1) is 28.6 Å². The second-order valence-corrected chi connectivity index (χ2v) is 5.89. The molecular weight excluding hydrogens is 304 g/mol. The molecule has 5 heteroatoms. The highest BCUT2D eigenvalue weighted by atomic mass is 79.9. The maximum Gasteiger partial charge on any atom is 0.0657 e. The molecule has 2 aromatic rings. The fourth-order valence-corrected chi connectivity index (χ4v) is 3.46. The summed E-state index contributed by atoms with van der Waals surface area (Å²) in [7, 11) is 0. The summed E-state index contributed by atoms with van der Waals surface area (Å²) in [4.78, 5) is 4.13. The molecule has 0 amide bonds. The first-order valence-electron chi connectivity index (χ1n) is 6.08. The predicted octanol–water partition coefficient (Wildman–Crippen LogP) is 3.34. The third-order valence-corrected chi connectivity index (χ3v) is 4.54. The zero-order valence-electron chi connectivity index (χ0n) is 10.2. The van der Waals surface area contributed by atoms with Gasteiger partial charge in [-0.2, -0.15) is 10.5 Å². The Balaban J connectivity index is 2.13. The molecule has 3 rings (SSSR count). The van der Waals surface area contributed by atoms with Crippen LogP contribution >= 0.6 is 15.9 Å². The number of pyridine rings is 1. The van der Waals surface area contributed by atoms with Crippen molar-refractivity contribution in [1.29, 1.82) is 10.5 Å². The summed E-state index contributed by atoms with van der Waals surface area (Å²) in [5, 5.41) is 19.1. The van der Waals surface area contributed by atoms with Crippen molar-refractivity contribution in [3.8, 4) is 12.1 Å². The van der Waals surface area contributed by atoms with Gasteiger partial charge in [0.25, 0.3) is 0 Å². The maximum absolute atomic E-state index is 9.10. The second kappa shape index (κ2) is 4.36. The Bertz CT molecular complexity index is 713. The van der Waals surface area contributed by atoms with Crippen LogP contribution in [-0.2, 0) is 5.54 Å². The number of halogens is 1. The highest BCUT2D eigenvalue weighted by molar-refractivity contribution is 9.10. The van der Waals surface area contributed by atoms with Crippen LogP contribution in [0.15, 0.2) is 29.1 Å². The second-order valence-electron chi connectivity index (χ2n) is 5.03. The minimum atomic E-state index is -0.235. The van der Waals surface area contributed by atoms with Crippen LogP contribution < -0.4 is 0 Å². The zero-order valence-corrected chi connectivity index (χ0v) is 11.8. The molecule has 0 atom stereocenters. The number of hydrogen-bond acceptors (Lipinski definition) is 3. The van der Waals surface area contributed by atoms with Gasteiger partial charge in [-0.3, -0.25) is 4.98 Å². The minimum Gasteiger partial charge on any atom is -0.339 e. The lowest BCUT2D eigenvalue weighted by molar-refractivity contribution is 0.109. The molecule has 1 aliphatic rings. The van der Waals surface area contributed by atoms with Crippen molar-refractivity contribution >= 4 is 26.8 Å². The van der Waals surface area contributed by atoms with Crippen molar-refractivity contribution in [2.24, 2.45) is 5.92 Å². The SMILES string of the molecule is N#CC[C@]1(n2cc(Br)c3cnccc32)C[C@@H](C#N)C1. The number of nitriles is 2. The molecule has 0 saturated heterocycles. The van der Waals surface area contributed by atoms with Crippen molar-refractivity contribution in [3.05, 3.63) is 29.1 Å². The average Bonchev–Trinajstić information content (AvgIpc) is 2.72. The van der Waals surface area contributed by atoms with Gasteiger partial charge in [0.15, 0.2) is 0 Å². The molecule has 4 nitrogen and oxygen atoms in total. The molecule has 0 bridgehead atoms. The molecule has 0 N–H and O–H groups in total. The van der Waals surface area contributed by atoms with Crippen LogP contribution in [0.5, 0.6) is 0 Å². The van der Waals surface area contributed by atoms with Gasteiger partial charge in [0, 0.05) is 28.4 Å². The van der Waals surface area contributed by atoms with E-state index in [0.717, 1.165) is 28.2 Å². The van der Waals surface area contributed by atoms with Gasteiger partial charge in [0.2, 0.25) is 0 Å². The van der Waals surface area contributed by atoms with Crippen molar-refractivity contribution in [2.75, 3.05) is 0 Å². The monoisotopic (exact) mass is 314 g/mol. The van der Waals surface area contributed by atoms with Gasteiger partial charge in [-0.15, -0.1) is 0 Å². The summed E-state index contributed by atoms with van der Waals surface area (Å²) < 4.78 is 3.12. The third kappa shape index (κ3) is 1.74. The molecule has 1 fully saturated rings. The summed E-state index contributed by atoms with van der Waals surface area (Å²) in [6.45, 7) is 0. The van der Waals surface area contributed by atoms with Crippen LogP contribution in [0.25, 0.3) is 10.9 Å². The largest absolute Gasteiger partial charge is 0.339 e. The van der Waals surface area contributed by atoms with Gasteiger partial charge >= 0.3 is 0 Å². The molecule has 94 valence electrons. The average molecular weight is 315 g/mol. The molecule has 19 heavy (non-hydrogen) atoms. The molecule has 1 aliphatic carbocycles. The van der Waals surface area contributed by atoms with Crippen LogP contribution in [-0.4, -0.2) is 9.55 Å². The summed E-state index contributed by atoms with van der Waals surface area (Å²) in [6, 6.07) is 6.52. The van der Waals surface area contributed by atoms with E-state index in [2.05, 4.69) is 37.6 Å². The van der Waals surface area contributed by atoms with Gasteiger partial charge in [-0.05, 0) is 34.8 Å². The first-order chi connectivity index (χ1) is 9.20. The predicted molar refractivity (Wildman–Crippen MR) is 74.0 cm³/mol. The molecular formula is C14H11BrN4. The van der Waals surface area contributed by atoms with Crippen LogP contribution in [0.2, 0.25) is 0 Å². The topological polar surface area (TPSA) is 65.4 Å². The van der Waals surface area contributed by atoms with E-state index in [1.807, 2.05) is 18.5 Å². The van der Waals surface area contributed by atoms with E-state index in [1.165, 1.54) is 0 Å². The Labute approximate surface area is 119 Å². The Kier molecular flexibility index (Phi) is 2.80. The molecule has 0 spiro atoms. The normalized spacial score (nSPS) is 25.5. The first-order valence-corrected chi connectivity index (χ1v) is 6.87. The highest BCUT2D eigenvalue weighted by Gasteiger charge is 2.46. The van der Waals surface area contributed by atoms with Crippen LogP contribution in [0.3, 0.4) is 0 Å². The highest BCUT2D eigenvalue weighted by Crippen LogP contribution is 2.48. The van der Waals surface area contributed by atoms with E-state index >= 15 is 0 Å². The van der Waals surface area contributed by atoms with E-state index < -0.39 is 0 Å². The summed E-state index contributed by atoms with van der Waals surface area (Å²) in [5.74, 6) is 0.0615. The maximum atomic E-state index is 9.10. The molecule has 0 unspecified atom stereocenters. The Morgan fingerprint density at radius 3 is 2.95 bits per heavy atom. The van der Waals surface area contributed by atoms with Crippen molar-refractivity contribution in [2.45, 2.75) is 24.8 Å². The third-order valence-electron chi connectivity index (χ3n) is 3.91. The summed E-state index contributed by atoms with van der Waals surface area (Å²) >= 11 is 3.54. The minimum absolute atomic E-state index is 0.0615. The van der Waals surface area contributed by atoms with Crippen molar-refractivity contribution in [1.82, 2.24) is 9.55 Å². The fraction of sp³-hybridized carbons (Fsp3) is 0.357. The number of aromatic nitrogens is 2. The molecule has 0 aromatic carbocycles. The lowest BCUT2D eigenvalue weighted by Gasteiger charge is -2.45. The zero-order chi connectivity index (χ0) is 13.5. The van der Waals surface area contributed by atoms with Gasteiger partial charge in [-0.25, -0.2) is 0 Å². The number of rotatable bonds is 2. The Hall–Kier alpha value is -1.85. The molecule has 2 aromatic heterocycles. The number of fused-ring (bicyclic) bond motifs is 1. The van der Waals surface area contributed by atoms with E-state index in [-0.39, 0.29) is 11.5 Å². The van der Waals surface area contributed by atoms with E-state index in [1.54, 1.807) is 6.20 Å². The first kappa shape index (κ1) is 12.2. The van der Waals surface area contributed by atoms with E-state index in [4.69, 9.17) is 10.5 Å². The fourth-order valence-electron chi connectivity index (χ4n) is 2.95. The Morgan fingerprint density at radius 2 is 2.26 bits per heavy atom. The van der Waals surface area contributed by atoms with Gasteiger partial charge < -0.3 is 4.57 Å². The van der Waals surface area contributed by atoms with Crippen LogP contribution in [0.4, 0.5) is 0 Å².